The number of aliphatic hydroxyl groups excluding tert-OH is 12. The largest absolute Gasteiger partial charge is 0.394 e. The third-order valence-electron chi connectivity index (χ3n) is 8.90. The van der Waals surface area contributed by atoms with Crippen LogP contribution in [-0.4, -0.2) is 192 Å². The van der Waals surface area contributed by atoms with Crippen molar-refractivity contribution in [2.45, 2.75) is 117 Å². The highest BCUT2D eigenvalue weighted by atomic mass is 16.7. The molecular formula is C25H44O17. The van der Waals surface area contributed by atoms with Crippen molar-refractivity contribution in [1.82, 2.24) is 0 Å². The van der Waals surface area contributed by atoms with Crippen LogP contribution >= 0.6 is 0 Å². The summed E-state index contributed by atoms with van der Waals surface area (Å²) >= 11 is 0. The van der Waals surface area contributed by atoms with E-state index in [1.807, 2.05) is 0 Å². The molecule has 0 amide bonds. The molecule has 17 heteroatoms. The van der Waals surface area contributed by atoms with Crippen LogP contribution in [0.25, 0.3) is 0 Å². The Morgan fingerprint density at radius 2 is 1.10 bits per heavy atom. The maximum Gasteiger partial charge on any atom is 0.187 e. The lowest BCUT2D eigenvalue weighted by Crippen LogP contribution is -2.69. The van der Waals surface area contributed by atoms with Crippen LogP contribution < -0.4 is 0 Å². The van der Waals surface area contributed by atoms with Gasteiger partial charge in [0, 0.05) is 18.3 Å². The first-order valence-corrected chi connectivity index (χ1v) is 14.0. The third-order valence-corrected chi connectivity index (χ3v) is 8.90. The number of hydrogen-bond acceptors (Lipinski definition) is 17. The molecule has 4 aliphatic heterocycles. The van der Waals surface area contributed by atoms with Gasteiger partial charge >= 0.3 is 0 Å². The highest BCUT2D eigenvalue weighted by Crippen LogP contribution is 2.41. The first-order chi connectivity index (χ1) is 19.9. The van der Waals surface area contributed by atoms with E-state index < -0.39 is 142 Å². The van der Waals surface area contributed by atoms with Gasteiger partial charge in [-0.25, -0.2) is 0 Å². The van der Waals surface area contributed by atoms with Crippen LogP contribution in [0, 0.1) is 11.8 Å². The van der Waals surface area contributed by atoms with E-state index in [9.17, 15) is 61.3 Å². The van der Waals surface area contributed by atoms with Crippen molar-refractivity contribution < 1.29 is 85.0 Å². The molecule has 4 heterocycles. The van der Waals surface area contributed by atoms with E-state index >= 15 is 0 Å². The Balaban J connectivity index is 1.53. The molecule has 4 aliphatic rings. The highest BCUT2D eigenvalue weighted by molar-refractivity contribution is 5.05. The maximum atomic E-state index is 11.1. The molecule has 12 N–H and O–H groups in total. The van der Waals surface area contributed by atoms with Gasteiger partial charge in [-0.2, -0.15) is 0 Å². The minimum absolute atomic E-state index is 0.0984. The van der Waals surface area contributed by atoms with E-state index in [0.29, 0.717) is 0 Å². The van der Waals surface area contributed by atoms with Gasteiger partial charge in [0.25, 0.3) is 0 Å². The van der Waals surface area contributed by atoms with Crippen molar-refractivity contribution in [2.24, 2.45) is 11.8 Å². The summed E-state index contributed by atoms with van der Waals surface area (Å²) in [5.41, 5.74) is 0. The summed E-state index contributed by atoms with van der Waals surface area (Å²) < 4.78 is 28.2. The lowest BCUT2D eigenvalue weighted by Gasteiger charge is -2.53. The fourth-order valence-corrected chi connectivity index (χ4v) is 6.56. The van der Waals surface area contributed by atoms with Gasteiger partial charge < -0.3 is 85.0 Å². The number of rotatable bonds is 8. The van der Waals surface area contributed by atoms with E-state index in [1.165, 1.54) is 6.92 Å². The summed E-state index contributed by atoms with van der Waals surface area (Å²) in [7, 11) is 0. The summed E-state index contributed by atoms with van der Waals surface area (Å²) in [5.74, 6) is -2.74. The predicted octanol–water partition coefficient (Wildman–Crippen LogP) is -7.10. The topological polar surface area (TPSA) is 289 Å². The van der Waals surface area contributed by atoms with Gasteiger partial charge in [0.15, 0.2) is 6.29 Å². The Morgan fingerprint density at radius 1 is 0.548 bits per heavy atom. The zero-order valence-corrected chi connectivity index (χ0v) is 22.9. The molecule has 0 aromatic carbocycles. The molecule has 246 valence electrons. The standard InChI is InChI=1S/C25H44O17/c1-7-15(31)19(35)22(12(6-29)38-7)42-25-21(37)18(34)14(11(5-28)41-25)24-20(36)17(33)13(10(4-27)40-24)23-16(32)9(30)2-8(3-26)39-23/h7-37H,2-6H2,1H3/t7-,8?,9+,10?,11?,12?,13+,14+,15?,16?,17+,18+,19-,20?,21?,22-,23+,24+,25-/m0/s1. The van der Waals surface area contributed by atoms with Crippen molar-refractivity contribution in [3.05, 3.63) is 0 Å². The fourth-order valence-electron chi connectivity index (χ4n) is 6.56. The van der Waals surface area contributed by atoms with Crippen molar-refractivity contribution in [3.63, 3.8) is 0 Å². The maximum absolute atomic E-state index is 11.1. The second-order valence-electron chi connectivity index (χ2n) is 11.5. The first-order valence-electron chi connectivity index (χ1n) is 14.0. The van der Waals surface area contributed by atoms with Crippen LogP contribution in [0.3, 0.4) is 0 Å². The molecule has 17 nitrogen and oxygen atoms in total. The Morgan fingerprint density at radius 3 is 1.67 bits per heavy atom. The van der Waals surface area contributed by atoms with E-state index in [4.69, 9.17) is 23.7 Å². The van der Waals surface area contributed by atoms with Crippen LogP contribution in [-0.2, 0) is 23.7 Å². The highest BCUT2D eigenvalue weighted by Gasteiger charge is 2.59. The minimum Gasteiger partial charge on any atom is -0.394 e. The molecule has 4 saturated heterocycles. The molecule has 4 fully saturated rings. The lowest BCUT2D eigenvalue weighted by molar-refractivity contribution is -0.353. The average Bonchev–Trinajstić information content (AvgIpc) is 2.98. The van der Waals surface area contributed by atoms with Crippen LogP contribution in [0.15, 0.2) is 0 Å². The van der Waals surface area contributed by atoms with Crippen LogP contribution in [0.5, 0.6) is 0 Å². The summed E-state index contributed by atoms with van der Waals surface area (Å²) in [6, 6.07) is 0. The monoisotopic (exact) mass is 616 g/mol. The van der Waals surface area contributed by atoms with Gasteiger partial charge in [0.2, 0.25) is 0 Å². The second kappa shape index (κ2) is 14.2. The number of ether oxygens (including phenoxy) is 5. The van der Waals surface area contributed by atoms with Gasteiger partial charge in [-0.3, -0.25) is 0 Å². The lowest BCUT2D eigenvalue weighted by atomic mass is 9.73. The Bertz CT molecular complexity index is 848. The molecular weight excluding hydrogens is 572 g/mol. The van der Waals surface area contributed by atoms with Gasteiger partial charge in [0.05, 0.1) is 81.4 Å². The number of hydrogen-bond donors (Lipinski definition) is 12. The Labute approximate surface area is 241 Å². The Kier molecular flexibility index (Phi) is 11.5. The molecule has 0 aromatic heterocycles. The second-order valence-corrected chi connectivity index (χ2v) is 11.5. The summed E-state index contributed by atoms with van der Waals surface area (Å²) in [5, 5.41) is 125. The van der Waals surface area contributed by atoms with Crippen molar-refractivity contribution >= 4 is 0 Å². The Hall–Kier alpha value is -0.680. The normalized spacial score (nSPS) is 54.1. The molecule has 0 saturated carbocycles. The van der Waals surface area contributed by atoms with Gasteiger partial charge in [-0.05, 0) is 6.92 Å². The molecule has 19 atom stereocenters. The molecule has 0 aromatic rings. The van der Waals surface area contributed by atoms with Crippen molar-refractivity contribution in [3.8, 4) is 0 Å². The molecule has 0 aliphatic carbocycles. The molecule has 42 heavy (non-hydrogen) atoms. The zero-order chi connectivity index (χ0) is 31.0. The van der Waals surface area contributed by atoms with E-state index in [-0.39, 0.29) is 6.42 Å². The molecule has 4 rings (SSSR count). The van der Waals surface area contributed by atoms with E-state index in [0.717, 1.165) is 0 Å². The smallest absolute Gasteiger partial charge is 0.187 e. The summed E-state index contributed by atoms with van der Waals surface area (Å²) in [6.07, 6.45) is -25.1. The van der Waals surface area contributed by atoms with Crippen LogP contribution in [0.2, 0.25) is 0 Å². The van der Waals surface area contributed by atoms with Gasteiger partial charge in [-0.1, -0.05) is 0 Å². The summed E-state index contributed by atoms with van der Waals surface area (Å²) in [6.45, 7) is -1.26. The fraction of sp³-hybridized carbons (Fsp3) is 1.00. The van der Waals surface area contributed by atoms with E-state index in [2.05, 4.69) is 0 Å². The van der Waals surface area contributed by atoms with Crippen LogP contribution in [0.1, 0.15) is 13.3 Å². The van der Waals surface area contributed by atoms with Crippen molar-refractivity contribution in [1.29, 1.82) is 0 Å². The third kappa shape index (κ3) is 6.35. The zero-order valence-electron chi connectivity index (χ0n) is 22.9. The van der Waals surface area contributed by atoms with Crippen molar-refractivity contribution in [2.75, 3.05) is 26.4 Å². The van der Waals surface area contributed by atoms with E-state index in [1.54, 1.807) is 0 Å². The molecule has 0 radical (unpaired) electrons. The first kappa shape index (κ1) is 34.2. The quantitative estimate of drug-likeness (QED) is 0.121. The molecule has 0 spiro atoms. The molecule has 0 bridgehead atoms. The number of aliphatic hydroxyl groups is 12. The molecule has 8 unspecified atom stereocenters. The minimum atomic E-state index is -1.90. The van der Waals surface area contributed by atoms with Gasteiger partial charge in [0.1, 0.15) is 42.7 Å². The predicted molar refractivity (Wildman–Crippen MR) is 133 cm³/mol. The summed E-state index contributed by atoms with van der Waals surface area (Å²) in [4.78, 5) is 0. The average molecular weight is 617 g/mol. The van der Waals surface area contributed by atoms with Gasteiger partial charge in [-0.15, -0.1) is 0 Å². The SMILES string of the molecule is C[C@@H]1OC(CO)[C@H](O[C@@H]2OC(CO)[C@@H]([C@H]3OC(CO)[C@@H]([C@H]4OC(CO)C[C@@H](O)C4O)[C@@H](O)C3O)[C@@H](O)C2O)[C@@H](O)C1O. The van der Waals surface area contributed by atoms with Crippen LogP contribution in [0.4, 0.5) is 0 Å².